The maximum atomic E-state index is 5.37. The molecule has 1 heterocycles. The molecule has 78 valence electrons. The van der Waals surface area contributed by atoms with Crippen molar-refractivity contribution in [3.8, 4) is 0 Å². The van der Waals surface area contributed by atoms with Gasteiger partial charge in [0.2, 0.25) is 0 Å². The topological polar surface area (TPSA) is 34.1 Å². The smallest absolute Gasteiger partial charge is 0.106 e. The lowest BCUT2D eigenvalue weighted by Crippen LogP contribution is -2.28. The van der Waals surface area contributed by atoms with E-state index in [1.165, 1.54) is 0 Å². The predicted octanol–water partition coefficient (Wildman–Crippen LogP) is 2.66. The first kappa shape index (κ1) is 11.6. The molecule has 0 aliphatic rings. The molecule has 0 saturated heterocycles. The molecule has 0 aliphatic heterocycles. The van der Waals surface area contributed by atoms with E-state index in [4.69, 9.17) is 4.84 Å². The lowest BCUT2D eigenvalue weighted by molar-refractivity contribution is -0.0761. The number of nitrogens with zero attached hydrogens (tertiary/aromatic N) is 1. The van der Waals surface area contributed by atoms with Gasteiger partial charge in [-0.15, -0.1) is 0 Å². The third-order valence-electron chi connectivity index (χ3n) is 1.40. The van der Waals surface area contributed by atoms with Gasteiger partial charge in [0.05, 0.1) is 17.8 Å². The van der Waals surface area contributed by atoms with Gasteiger partial charge in [-0.1, -0.05) is 6.07 Å². The summed E-state index contributed by atoms with van der Waals surface area (Å²) in [6.07, 6.45) is 0. The summed E-state index contributed by atoms with van der Waals surface area (Å²) in [5, 5.41) is 0. The van der Waals surface area contributed by atoms with Gasteiger partial charge in [0, 0.05) is 0 Å². The van der Waals surface area contributed by atoms with Gasteiger partial charge in [0.15, 0.2) is 0 Å². The highest BCUT2D eigenvalue weighted by Gasteiger charge is 2.09. The van der Waals surface area contributed by atoms with Crippen LogP contribution in [0.25, 0.3) is 0 Å². The zero-order valence-corrected chi connectivity index (χ0v) is 10.3. The lowest BCUT2D eigenvalue weighted by Gasteiger charge is -2.19. The Morgan fingerprint density at radius 1 is 1.43 bits per heavy atom. The van der Waals surface area contributed by atoms with E-state index in [1.54, 1.807) is 0 Å². The largest absolute Gasteiger partial charge is 0.296 e. The van der Waals surface area contributed by atoms with Gasteiger partial charge < -0.3 is 0 Å². The van der Waals surface area contributed by atoms with E-state index in [9.17, 15) is 0 Å². The molecule has 4 heteroatoms. The van der Waals surface area contributed by atoms with E-state index in [-0.39, 0.29) is 5.60 Å². The van der Waals surface area contributed by atoms with Crippen LogP contribution in [0.15, 0.2) is 22.8 Å². The van der Waals surface area contributed by atoms with Crippen molar-refractivity contribution in [1.29, 1.82) is 0 Å². The number of halogens is 1. The summed E-state index contributed by atoms with van der Waals surface area (Å²) in [5.74, 6) is 0. The molecule has 1 N–H and O–H groups in total. The number of rotatable bonds is 3. The molecule has 1 aromatic heterocycles. The van der Waals surface area contributed by atoms with Crippen molar-refractivity contribution in [2.24, 2.45) is 0 Å². The third-order valence-corrected chi connectivity index (χ3v) is 1.85. The first-order valence-electron chi connectivity index (χ1n) is 4.50. The predicted molar refractivity (Wildman–Crippen MR) is 59.6 cm³/mol. The minimum atomic E-state index is -0.175. The molecule has 1 aromatic rings. The lowest BCUT2D eigenvalue weighted by atomic mass is 10.2. The van der Waals surface area contributed by atoms with Gasteiger partial charge in [-0.25, -0.2) is 4.98 Å². The van der Waals surface area contributed by atoms with Crippen LogP contribution in [-0.4, -0.2) is 10.6 Å². The minimum absolute atomic E-state index is 0.175. The number of hydroxylamine groups is 1. The van der Waals surface area contributed by atoms with Crippen molar-refractivity contribution in [3.05, 3.63) is 28.5 Å². The van der Waals surface area contributed by atoms with E-state index in [0.29, 0.717) is 6.54 Å². The van der Waals surface area contributed by atoms with Crippen LogP contribution in [0, 0.1) is 0 Å². The summed E-state index contributed by atoms with van der Waals surface area (Å²) in [6.45, 7) is 6.59. The van der Waals surface area contributed by atoms with Crippen LogP contribution in [0.2, 0.25) is 0 Å². The van der Waals surface area contributed by atoms with E-state index in [0.717, 1.165) is 10.3 Å². The third kappa shape index (κ3) is 4.69. The standard InChI is InChI=1S/C10H15BrN2O/c1-10(2,3)14-12-7-8-5-4-6-9(11)13-8/h4-6,12H,7H2,1-3H3. The normalized spacial score (nSPS) is 11.7. The Morgan fingerprint density at radius 2 is 2.14 bits per heavy atom. The summed E-state index contributed by atoms with van der Waals surface area (Å²) >= 11 is 3.31. The second kappa shape index (κ2) is 4.87. The Morgan fingerprint density at radius 3 is 2.71 bits per heavy atom. The Labute approximate surface area is 93.0 Å². The van der Waals surface area contributed by atoms with Crippen molar-refractivity contribution in [2.75, 3.05) is 0 Å². The molecule has 3 nitrogen and oxygen atoms in total. The fourth-order valence-electron chi connectivity index (χ4n) is 0.875. The second-order valence-electron chi connectivity index (χ2n) is 3.99. The Hall–Kier alpha value is -0.450. The van der Waals surface area contributed by atoms with Gasteiger partial charge in [0.25, 0.3) is 0 Å². The number of aromatic nitrogens is 1. The van der Waals surface area contributed by atoms with Gasteiger partial charge in [0.1, 0.15) is 4.60 Å². The van der Waals surface area contributed by atoms with Gasteiger partial charge >= 0.3 is 0 Å². The summed E-state index contributed by atoms with van der Waals surface area (Å²) in [6, 6.07) is 5.79. The molecule has 0 aliphatic carbocycles. The van der Waals surface area contributed by atoms with Crippen molar-refractivity contribution < 1.29 is 4.84 Å². The number of nitrogens with one attached hydrogen (secondary N) is 1. The Bertz CT molecular complexity index is 296. The molecule has 14 heavy (non-hydrogen) atoms. The zero-order chi connectivity index (χ0) is 10.6. The van der Waals surface area contributed by atoms with Crippen molar-refractivity contribution in [3.63, 3.8) is 0 Å². The van der Waals surface area contributed by atoms with E-state index in [2.05, 4.69) is 26.4 Å². The van der Waals surface area contributed by atoms with Crippen molar-refractivity contribution >= 4 is 15.9 Å². The molecule has 0 fully saturated rings. The summed E-state index contributed by atoms with van der Waals surface area (Å²) in [4.78, 5) is 9.63. The molecule has 0 saturated carbocycles. The quantitative estimate of drug-likeness (QED) is 0.669. The van der Waals surface area contributed by atoms with Crippen molar-refractivity contribution in [2.45, 2.75) is 32.9 Å². The second-order valence-corrected chi connectivity index (χ2v) is 4.80. The molecule has 0 bridgehead atoms. The van der Waals surface area contributed by atoms with E-state index in [1.807, 2.05) is 39.0 Å². The average Bonchev–Trinajstić information content (AvgIpc) is 2.01. The molecular weight excluding hydrogens is 244 g/mol. The zero-order valence-electron chi connectivity index (χ0n) is 8.67. The maximum Gasteiger partial charge on any atom is 0.106 e. The molecule has 0 amide bonds. The summed E-state index contributed by atoms with van der Waals surface area (Å²) in [5.41, 5.74) is 3.66. The number of hydrogen-bond acceptors (Lipinski definition) is 3. The first-order valence-corrected chi connectivity index (χ1v) is 5.29. The summed E-state index contributed by atoms with van der Waals surface area (Å²) < 4.78 is 0.840. The summed E-state index contributed by atoms with van der Waals surface area (Å²) in [7, 11) is 0. The van der Waals surface area contributed by atoms with Gasteiger partial charge in [-0.3, -0.25) is 4.84 Å². The van der Waals surface area contributed by atoms with Crippen LogP contribution in [0.1, 0.15) is 26.5 Å². The van der Waals surface area contributed by atoms with Crippen molar-refractivity contribution in [1.82, 2.24) is 10.5 Å². The van der Waals surface area contributed by atoms with Crippen LogP contribution in [0.3, 0.4) is 0 Å². The fourth-order valence-corrected chi connectivity index (χ4v) is 1.26. The average molecular weight is 259 g/mol. The highest BCUT2D eigenvalue weighted by Crippen LogP contribution is 2.07. The molecule has 0 atom stereocenters. The highest BCUT2D eigenvalue weighted by atomic mass is 79.9. The fraction of sp³-hybridized carbons (Fsp3) is 0.500. The highest BCUT2D eigenvalue weighted by molar-refractivity contribution is 9.10. The van der Waals surface area contributed by atoms with Crippen LogP contribution in [0.5, 0.6) is 0 Å². The molecule has 0 spiro atoms. The molecule has 0 aromatic carbocycles. The minimum Gasteiger partial charge on any atom is -0.296 e. The van der Waals surface area contributed by atoms with Crippen LogP contribution < -0.4 is 5.48 Å². The Kier molecular flexibility index (Phi) is 4.04. The van der Waals surface area contributed by atoms with Crippen LogP contribution in [0.4, 0.5) is 0 Å². The van der Waals surface area contributed by atoms with E-state index < -0.39 is 0 Å². The van der Waals surface area contributed by atoms with Crippen LogP contribution >= 0.6 is 15.9 Å². The number of hydrogen-bond donors (Lipinski definition) is 1. The molecule has 0 radical (unpaired) electrons. The monoisotopic (exact) mass is 258 g/mol. The molecular formula is C10H15BrN2O. The molecule has 1 rings (SSSR count). The maximum absolute atomic E-state index is 5.37. The first-order chi connectivity index (χ1) is 6.47. The Balaban J connectivity index is 2.39. The van der Waals surface area contributed by atoms with Gasteiger partial charge in [-0.2, -0.15) is 5.48 Å². The molecule has 0 unspecified atom stereocenters. The van der Waals surface area contributed by atoms with E-state index >= 15 is 0 Å². The SMILES string of the molecule is CC(C)(C)ONCc1cccc(Br)n1. The van der Waals surface area contributed by atoms with Crippen LogP contribution in [-0.2, 0) is 11.4 Å². The van der Waals surface area contributed by atoms with Gasteiger partial charge in [-0.05, 0) is 48.8 Å². The number of pyridine rings is 1.